The highest BCUT2D eigenvalue weighted by Crippen LogP contribution is 2.32. The molecule has 24 heavy (non-hydrogen) atoms. The second kappa shape index (κ2) is 6.93. The van der Waals surface area contributed by atoms with Crippen molar-refractivity contribution in [2.24, 2.45) is 0 Å². The van der Waals surface area contributed by atoms with Gasteiger partial charge in [0.2, 0.25) is 0 Å². The Morgan fingerprint density at radius 3 is 2.42 bits per heavy atom. The summed E-state index contributed by atoms with van der Waals surface area (Å²) in [7, 11) is 0. The lowest BCUT2D eigenvalue weighted by Crippen LogP contribution is -2.22. The molecule has 0 spiro atoms. The second-order valence-corrected chi connectivity index (χ2v) is 6.33. The van der Waals surface area contributed by atoms with Gasteiger partial charge in [0, 0.05) is 16.1 Å². The number of hydrogen-bond acceptors (Lipinski definition) is 3. The molecule has 0 unspecified atom stereocenters. The predicted octanol–water partition coefficient (Wildman–Crippen LogP) is 3.29. The highest BCUT2D eigenvalue weighted by molar-refractivity contribution is 9.10. The standard InChI is InChI=1S/C19H16BrNO3/c20-14-7-5-13(6-8-14)16-11-9-15(10-12-19(23)24)21(16)17-3-1-2-4-18(17)22/h1-9,11,22H,10,12H2,(H,23,24)/p-1. The predicted molar refractivity (Wildman–Crippen MR) is 93.9 cm³/mol. The van der Waals surface area contributed by atoms with Crippen LogP contribution in [0.5, 0.6) is 5.75 Å². The van der Waals surface area contributed by atoms with Gasteiger partial charge >= 0.3 is 0 Å². The van der Waals surface area contributed by atoms with Gasteiger partial charge in [-0.2, -0.15) is 0 Å². The van der Waals surface area contributed by atoms with Crippen LogP contribution < -0.4 is 5.11 Å². The van der Waals surface area contributed by atoms with Crippen molar-refractivity contribution in [3.05, 3.63) is 70.8 Å². The van der Waals surface area contributed by atoms with Gasteiger partial charge in [-0.15, -0.1) is 0 Å². The number of benzene rings is 2. The number of carbonyl (C=O) groups is 1. The van der Waals surface area contributed by atoms with Crippen molar-refractivity contribution >= 4 is 21.9 Å². The maximum Gasteiger partial charge on any atom is 0.139 e. The molecule has 3 aromatic rings. The van der Waals surface area contributed by atoms with E-state index in [1.165, 1.54) is 0 Å². The molecule has 0 amide bonds. The molecule has 1 heterocycles. The van der Waals surface area contributed by atoms with Gasteiger partial charge in [-0.25, -0.2) is 0 Å². The number of carboxylic acids is 1. The van der Waals surface area contributed by atoms with Gasteiger partial charge in [-0.05, 0) is 54.8 Å². The van der Waals surface area contributed by atoms with Crippen LogP contribution in [0.15, 0.2) is 65.1 Å². The van der Waals surface area contributed by atoms with Crippen LogP contribution in [0, 0.1) is 0 Å². The molecule has 3 rings (SSSR count). The van der Waals surface area contributed by atoms with Crippen molar-refractivity contribution in [1.29, 1.82) is 0 Å². The molecule has 0 aliphatic heterocycles. The van der Waals surface area contributed by atoms with Crippen LogP contribution in [0.25, 0.3) is 16.9 Å². The van der Waals surface area contributed by atoms with E-state index in [-0.39, 0.29) is 12.2 Å². The van der Waals surface area contributed by atoms with Crippen LogP contribution in [0.4, 0.5) is 0 Å². The Labute approximate surface area is 148 Å². The third kappa shape index (κ3) is 3.36. The molecule has 0 bridgehead atoms. The van der Waals surface area contributed by atoms with Gasteiger partial charge in [0.05, 0.1) is 11.4 Å². The fraction of sp³-hybridized carbons (Fsp3) is 0.105. The van der Waals surface area contributed by atoms with Gasteiger partial charge in [0.15, 0.2) is 0 Å². The Kier molecular flexibility index (Phi) is 4.71. The number of hydrogen-bond donors (Lipinski definition) is 1. The second-order valence-electron chi connectivity index (χ2n) is 5.41. The maximum atomic E-state index is 10.8. The van der Waals surface area contributed by atoms with E-state index in [4.69, 9.17) is 0 Å². The number of carbonyl (C=O) groups excluding carboxylic acids is 1. The summed E-state index contributed by atoms with van der Waals surface area (Å²) in [6, 6.07) is 18.6. The average molecular weight is 385 g/mol. The monoisotopic (exact) mass is 384 g/mol. The molecule has 0 aliphatic carbocycles. The van der Waals surface area contributed by atoms with E-state index in [9.17, 15) is 15.0 Å². The zero-order chi connectivity index (χ0) is 17.1. The Bertz CT molecular complexity index is 869. The Morgan fingerprint density at radius 2 is 1.75 bits per heavy atom. The molecule has 1 N–H and O–H groups in total. The molecule has 122 valence electrons. The molecule has 0 radical (unpaired) electrons. The molecule has 0 atom stereocenters. The van der Waals surface area contributed by atoms with Crippen LogP contribution in [-0.2, 0) is 11.2 Å². The Balaban J connectivity index is 2.14. The Hall–Kier alpha value is -2.53. The first-order valence-electron chi connectivity index (χ1n) is 7.51. The fourth-order valence-corrected chi connectivity index (χ4v) is 2.95. The van der Waals surface area contributed by atoms with Gasteiger partial charge in [-0.1, -0.05) is 40.2 Å². The summed E-state index contributed by atoms with van der Waals surface area (Å²) < 4.78 is 2.87. The van der Waals surface area contributed by atoms with Crippen molar-refractivity contribution in [1.82, 2.24) is 4.57 Å². The van der Waals surface area contributed by atoms with Crippen molar-refractivity contribution in [2.45, 2.75) is 12.8 Å². The molecular formula is C19H15BrNO3-. The summed E-state index contributed by atoms with van der Waals surface area (Å²) in [5.74, 6) is -0.952. The highest BCUT2D eigenvalue weighted by Gasteiger charge is 2.14. The van der Waals surface area contributed by atoms with E-state index in [1.807, 2.05) is 47.0 Å². The zero-order valence-corrected chi connectivity index (χ0v) is 14.4. The summed E-state index contributed by atoms with van der Waals surface area (Å²) in [6.07, 6.45) is 0.255. The molecule has 0 saturated heterocycles. The minimum Gasteiger partial charge on any atom is -0.550 e. The quantitative estimate of drug-likeness (QED) is 0.733. The molecule has 2 aromatic carbocycles. The van der Waals surface area contributed by atoms with E-state index >= 15 is 0 Å². The van der Waals surface area contributed by atoms with Gasteiger partial charge in [0.1, 0.15) is 5.75 Å². The SMILES string of the molecule is O=C([O-])CCc1ccc(-c2ccc(Br)cc2)n1-c1ccccc1O. The first kappa shape index (κ1) is 16.3. The van der Waals surface area contributed by atoms with Crippen LogP contribution in [0.1, 0.15) is 12.1 Å². The molecule has 0 fully saturated rings. The number of aromatic hydroxyl groups is 1. The lowest BCUT2D eigenvalue weighted by atomic mass is 10.1. The summed E-state index contributed by atoms with van der Waals surface area (Å²) >= 11 is 3.42. The van der Waals surface area contributed by atoms with Crippen molar-refractivity contribution in [3.8, 4) is 22.7 Å². The molecular weight excluding hydrogens is 370 g/mol. The molecule has 0 aliphatic rings. The first-order chi connectivity index (χ1) is 11.6. The molecule has 0 saturated carbocycles. The maximum absolute atomic E-state index is 10.8. The summed E-state index contributed by atoms with van der Waals surface area (Å²) in [5.41, 5.74) is 3.28. The zero-order valence-electron chi connectivity index (χ0n) is 12.8. The molecule has 4 nitrogen and oxygen atoms in total. The van der Waals surface area contributed by atoms with E-state index in [0.717, 1.165) is 21.4 Å². The lowest BCUT2D eigenvalue weighted by Gasteiger charge is -2.15. The van der Waals surface area contributed by atoms with Gasteiger partial charge in [0.25, 0.3) is 0 Å². The Morgan fingerprint density at radius 1 is 1.04 bits per heavy atom. The van der Waals surface area contributed by atoms with Gasteiger partial charge < -0.3 is 19.6 Å². The lowest BCUT2D eigenvalue weighted by molar-refractivity contribution is -0.305. The number of halogens is 1. The van der Waals surface area contributed by atoms with Crippen LogP contribution in [0.3, 0.4) is 0 Å². The number of aromatic nitrogens is 1. The van der Waals surface area contributed by atoms with Crippen molar-refractivity contribution in [3.63, 3.8) is 0 Å². The summed E-state index contributed by atoms with van der Waals surface area (Å²) in [6.45, 7) is 0. The van der Waals surface area contributed by atoms with Crippen molar-refractivity contribution < 1.29 is 15.0 Å². The molecule has 1 aromatic heterocycles. The topological polar surface area (TPSA) is 65.3 Å². The third-order valence-corrected chi connectivity index (χ3v) is 4.34. The number of para-hydroxylation sites is 2. The number of rotatable bonds is 5. The van der Waals surface area contributed by atoms with E-state index < -0.39 is 5.97 Å². The number of phenols is 1. The number of aryl methyl sites for hydroxylation is 1. The summed E-state index contributed by atoms with van der Waals surface area (Å²) in [4.78, 5) is 10.8. The highest BCUT2D eigenvalue weighted by atomic mass is 79.9. The van der Waals surface area contributed by atoms with Gasteiger partial charge in [-0.3, -0.25) is 0 Å². The number of aliphatic carboxylic acids is 1. The number of phenolic OH excluding ortho intramolecular Hbond substituents is 1. The summed E-state index contributed by atoms with van der Waals surface area (Å²) in [5, 5.41) is 21.1. The van der Waals surface area contributed by atoms with Crippen LogP contribution >= 0.6 is 15.9 Å². The normalized spacial score (nSPS) is 10.7. The van der Waals surface area contributed by atoms with E-state index in [2.05, 4.69) is 15.9 Å². The fourth-order valence-electron chi connectivity index (χ4n) is 2.69. The third-order valence-electron chi connectivity index (χ3n) is 3.81. The number of nitrogens with zero attached hydrogens (tertiary/aromatic N) is 1. The first-order valence-corrected chi connectivity index (χ1v) is 8.30. The van der Waals surface area contributed by atoms with Crippen LogP contribution in [-0.4, -0.2) is 15.6 Å². The van der Waals surface area contributed by atoms with Crippen LogP contribution in [0.2, 0.25) is 0 Å². The molecule has 5 heteroatoms. The average Bonchev–Trinajstić information content (AvgIpc) is 2.98. The number of carboxylic acid groups (broad SMARTS) is 1. The van der Waals surface area contributed by atoms with E-state index in [0.29, 0.717) is 12.1 Å². The minimum atomic E-state index is -1.09. The minimum absolute atomic E-state index is 0.0720. The van der Waals surface area contributed by atoms with Crippen molar-refractivity contribution in [2.75, 3.05) is 0 Å². The largest absolute Gasteiger partial charge is 0.550 e. The smallest absolute Gasteiger partial charge is 0.139 e. The van der Waals surface area contributed by atoms with E-state index in [1.54, 1.807) is 18.2 Å².